The highest BCUT2D eigenvalue weighted by Crippen LogP contribution is 2.41. The molecule has 0 saturated carbocycles. The average molecular weight is 672 g/mol. The number of rotatable bonds is 7. The van der Waals surface area contributed by atoms with Crippen molar-refractivity contribution in [1.29, 1.82) is 0 Å². The number of H-pyrrole nitrogens is 2. The third-order valence-electron chi connectivity index (χ3n) is 11.0. The molecule has 7 rings (SSSR count). The maximum Gasteiger partial charge on any atom is 0.327 e. The fraction of sp³-hybridized carbons (Fsp3) is 0.543. The van der Waals surface area contributed by atoms with Gasteiger partial charge in [0.15, 0.2) is 5.65 Å². The van der Waals surface area contributed by atoms with E-state index in [-0.39, 0.29) is 42.0 Å². The number of fused-ring (bicyclic) bond motifs is 2. The Kier molecular flexibility index (Phi) is 8.56. The van der Waals surface area contributed by atoms with Gasteiger partial charge in [-0.3, -0.25) is 24.2 Å². The number of imidazole rings is 1. The van der Waals surface area contributed by atoms with Crippen LogP contribution in [0.2, 0.25) is 0 Å². The molecule has 4 aromatic rings. The summed E-state index contributed by atoms with van der Waals surface area (Å²) < 4.78 is 9.12. The Morgan fingerprint density at radius 3 is 2.57 bits per heavy atom. The zero-order valence-electron chi connectivity index (χ0n) is 29.2. The van der Waals surface area contributed by atoms with Crippen molar-refractivity contribution in [2.75, 3.05) is 46.3 Å². The molecular formula is C35H46N10O4. The minimum absolute atomic E-state index is 0.00247. The monoisotopic (exact) mass is 671 g/mol. The number of pyridine rings is 1. The standard InChI is InChI=1S/C35H46N10O4/c1-22-17-24(18-25-20-38-41-29(22)25)19-27(32(47)44-16-10-35(21-44)8-14-42(15-9-35)31(46)23(2)36-3)39-33(48)43-12-6-26(7-13-43)45-28-5-4-11-37-30(28)40-34(45)49/h4-5,11,17-18,20,23,26-27,36H,6-10,12-16,19,21H2,1-3H3,(H,38,41)(H,39,48)(H,37,40,49)/t23-,27+/m0/s1/i3D. The number of likely N-dealkylation sites (tertiary alicyclic amines) is 3. The summed E-state index contributed by atoms with van der Waals surface area (Å²) in [5.74, 6) is -0.0834. The van der Waals surface area contributed by atoms with Crippen LogP contribution < -0.4 is 16.3 Å². The zero-order valence-corrected chi connectivity index (χ0v) is 28.2. The zero-order chi connectivity index (χ0) is 35.0. The summed E-state index contributed by atoms with van der Waals surface area (Å²) in [5, 5.41) is 14.2. The molecule has 3 aliphatic rings. The van der Waals surface area contributed by atoms with Crippen LogP contribution in [0.3, 0.4) is 0 Å². The maximum atomic E-state index is 14.3. The maximum absolute atomic E-state index is 14.3. The lowest BCUT2D eigenvalue weighted by Crippen LogP contribution is -2.54. The van der Waals surface area contributed by atoms with Crippen LogP contribution in [-0.2, 0) is 16.0 Å². The van der Waals surface area contributed by atoms with E-state index in [1.807, 2.05) is 41.0 Å². The number of amides is 4. The second-order valence-electron chi connectivity index (χ2n) is 14.1. The number of carbonyl (C=O) groups is 3. The van der Waals surface area contributed by atoms with E-state index in [1.165, 1.54) is 0 Å². The van der Waals surface area contributed by atoms with Gasteiger partial charge in [-0.05, 0) is 87.7 Å². The van der Waals surface area contributed by atoms with Gasteiger partial charge in [-0.25, -0.2) is 14.6 Å². The Hall–Kier alpha value is -4.72. The van der Waals surface area contributed by atoms with Crippen molar-refractivity contribution in [2.45, 2.75) is 70.5 Å². The van der Waals surface area contributed by atoms with Crippen molar-refractivity contribution >= 4 is 39.9 Å². The minimum atomic E-state index is -0.764. The SMILES string of the molecule is [2H]CN[C@@H](C)C(=O)N1CCC2(CC1)CCN(C(=O)[C@@H](Cc1cc(C)c3[nH]ncc3c1)NC(=O)N1CCC(n3c(=O)[nH]c4ncccc43)CC1)C2. The van der Waals surface area contributed by atoms with Gasteiger partial charge < -0.3 is 25.3 Å². The van der Waals surface area contributed by atoms with Crippen molar-refractivity contribution in [3.63, 3.8) is 0 Å². The molecule has 6 heterocycles. The van der Waals surface area contributed by atoms with E-state index in [2.05, 4.69) is 30.8 Å². The van der Waals surface area contributed by atoms with E-state index in [1.54, 1.807) is 28.8 Å². The predicted molar refractivity (Wildman–Crippen MR) is 185 cm³/mol. The minimum Gasteiger partial charge on any atom is -0.341 e. The molecule has 3 aliphatic heterocycles. The first-order valence-corrected chi connectivity index (χ1v) is 17.3. The molecule has 14 heteroatoms. The van der Waals surface area contributed by atoms with Crippen LogP contribution in [0.1, 0.15) is 57.6 Å². The summed E-state index contributed by atoms with van der Waals surface area (Å²) in [7, 11) is -0.00247. The lowest BCUT2D eigenvalue weighted by atomic mass is 9.77. The van der Waals surface area contributed by atoms with Crippen LogP contribution >= 0.6 is 0 Å². The van der Waals surface area contributed by atoms with Gasteiger partial charge in [0.2, 0.25) is 11.8 Å². The third-order valence-corrected chi connectivity index (χ3v) is 11.0. The van der Waals surface area contributed by atoms with Crippen LogP contribution in [0.25, 0.3) is 22.1 Å². The molecule has 1 aromatic carbocycles. The molecule has 0 bridgehead atoms. The molecule has 3 fully saturated rings. The lowest BCUT2D eigenvalue weighted by molar-refractivity contribution is -0.136. The highest BCUT2D eigenvalue weighted by Gasteiger charge is 2.44. The number of nitrogens with one attached hydrogen (secondary N) is 4. The van der Waals surface area contributed by atoms with Crippen LogP contribution in [0, 0.1) is 12.3 Å². The van der Waals surface area contributed by atoms with Gasteiger partial charge in [-0.2, -0.15) is 5.10 Å². The van der Waals surface area contributed by atoms with Crippen LogP contribution in [-0.4, -0.2) is 116 Å². The highest BCUT2D eigenvalue weighted by atomic mass is 16.2. The topological polar surface area (TPSA) is 164 Å². The number of nitrogens with zero attached hydrogens (tertiary/aromatic N) is 6. The fourth-order valence-corrected chi connectivity index (χ4v) is 8.07. The average Bonchev–Trinajstić information content (AvgIpc) is 3.85. The Bertz CT molecular complexity index is 1940. The summed E-state index contributed by atoms with van der Waals surface area (Å²) >= 11 is 0. The molecule has 1 spiro atoms. The summed E-state index contributed by atoms with van der Waals surface area (Å²) in [6, 6.07) is 6.25. The summed E-state index contributed by atoms with van der Waals surface area (Å²) in [5.41, 5.74) is 3.96. The Morgan fingerprint density at radius 1 is 1.06 bits per heavy atom. The van der Waals surface area contributed by atoms with Gasteiger partial charge in [0.05, 0.1) is 23.3 Å². The van der Waals surface area contributed by atoms with Crippen molar-refractivity contribution in [3.05, 3.63) is 58.3 Å². The molecule has 3 aromatic heterocycles. The Labute approximate surface area is 286 Å². The quantitative estimate of drug-likeness (QED) is 0.234. The lowest BCUT2D eigenvalue weighted by Gasteiger charge is -2.40. The van der Waals surface area contributed by atoms with E-state index < -0.39 is 12.1 Å². The van der Waals surface area contributed by atoms with Crippen molar-refractivity contribution in [3.8, 4) is 0 Å². The number of aryl methyl sites for hydroxylation is 1. The first-order chi connectivity index (χ1) is 24.1. The number of urea groups is 1. The van der Waals surface area contributed by atoms with E-state index in [9.17, 15) is 19.2 Å². The van der Waals surface area contributed by atoms with E-state index in [0.717, 1.165) is 46.8 Å². The Balaban J connectivity index is 1.04. The number of aromatic amines is 2. The van der Waals surface area contributed by atoms with E-state index in [0.29, 0.717) is 64.2 Å². The number of piperidine rings is 2. The fourth-order valence-electron chi connectivity index (χ4n) is 8.07. The smallest absolute Gasteiger partial charge is 0.327 e. The predicted octanol–water partition coefficient (Wildman–Crippen LogP) is 2.32. The highest BCUT2D eigenvalue weighted by molar-refractivity contribution is 5.88. The molecule has 49 heavy (non-hydrogen) atoms. The van der Waals surface area contributed by atoms with Crippen molar-refractivity contribution in [2.24, 2.45) is 5.41 Å². The largest absolute Gasteiger partial charge is 0.341 e. The normalized spacial score (nSPS) is 19.8. The molecule has 2 atom stereocenters. The number of aromatic nitrogens is 5. The van der Waals surface area contributed by atoms with Gasteiger partial charge in [0.1, 0.15) is 6.04 Å². The molecular weight excluding hydrogens is 624 g/mol. The molecule has 3 saturated heterocycles. The van der Waals surface area contributed by atoms with Crippen molar-refractivity contribution < 1.29 is 15.8 Å². The Morgan fingerprint density at radius 2 is 1.82 bits per heavy atom. The number of benzene rings is 1. The summed E-state index contributed by atoms with van der Waals surface area (Å²) in [6.07, 6.45) is 7.46. The first-order valence-electron chi connectivity index (χ1n) is 18.0. The number of hydrogen-bond acceptors (Lipinski definition) is 7. The van der Waals surface area contributed by atoms with Gasteiger partial charge in [-0.15, -0.1) is 0 Å². The molecule has 260 valence electrons. The van der Waals surface area contributed by atoms with E-state index >= 15 is 0 Å². The van der Waals surface area contributed by atoms with Gasteiger partial charge in [-0.1, -0.05) is 6.07 Å². The number of hydrogen-bond donors (Lipinski definition) is 4. The molecule has 14 nitrogen and oxygen atoms in total. The molecule has 0 radical (unpaired) electrons. The van der Waals surface area contributed by atoms with Crippen LogP contribution in [0.15, 0.2) is 41.5 Å². The number of carbonyl (C=O) groups excluding carboxylic acids is 3. The molecule has 4 amide bonds. The van der Waals surface area contributed by atoms with Gasteiger partial charge in [0, 0.05) is 64.7 Å². The van der Waals surface area contributed by atoms with Crippen LogP contribution in [0.4, 0.5) is 4.79 Å². The second-order valence-corrected chi connectivity index (χ2v) is 14.1. The number of likely N-dealkylation sites (N-methyl/N-ethyl adjacent to an activating group) is 1. The summed E-state index contributed by atoms with van der Waals surface area (Å²) in [4.78, 5) is 66.4. The van der Waals surface area contributed by atoms with Gasteiger partial charge in [0.25, 0.3) is 0 Å². The molecule has 4 N–H and O–H groups in total. The van der Waals surface area contributed by atoms with Crippen LogP contribution in [0.5, 0.6) is 0 Å². The molecule has 0 unspecified atom stereocenters. The third kappa shape index (κ3) is 6.41. The van der Waals surface area contributed by atoms with Gasteiger partial charge >= 0.3 is 11.7 Å². The van der Waals surface area contributed by atoms with E-state index in [4.69, 9.17) is 1.37 Å². The first kappa shape index (κ1) is 31.5. The molecule has 0 aliphatic carbocycles. The summed E-state index contributed by atoms with van der Waals surface area (Å²) in [6.45, 7) is 7.17. The van der Waals surface area contributed by atoms with Crippen molar-refractivity contribution in [1.82, 2.24) is 50.1 Å². The second kappa shape index (κ2) is 13.3.